The maximum atomic E-state index is 12.6. The number of thioether (sulfide) groups is 1. The lowest BCUT2D eigenvalue weighted by Crippen LogP contribution is -2.48. The largest absolute Gasteiger partial charge is 0.337 e. The van der Waals surface area contributed by atoms with E-state index in [9.17, 15) is 10.1 Å². The molecule has 124 valence electrons. The number of nitrogens with zero attached hydrogens (tertiary/aromatic N) is 3. The molecule has 1 aliphatic heterocycles. The van der Waals surface area contributed by atoms with Crippen LogP contribution in [0.5, 0.6) is 0 Å². The van der Waals surface area contributed by atoms with Crippen LogP contribution in [0.4, 0.5) is 0 Å². The van der Waals surface area contributed by atoms with Crippen molar-refractivity contribution in [2.24, 2.45) is 0 Å². The van der Waals surface area contributed by atoms with Gasteiger partial charge in [-0.1, -0.05) is 11.8 Å². The van der Waals surface area contributed by atoms with Gasteiger partial charge in [0.05, 0.1) is 11.3 Å². The Balaban J connectivity index is 2.15. The standard InChI is InChI=1S/C18H25N3OS/c1-11-7-6-8-12(2)21(11)17(22)10-23-18-16(9-19)14(4)13(3)15(5)20-18/h11-12H,6-8,10H2,1-5H3. The Kier molecular flexibility index (Phi) is 5.69. The summed E-state index contributed by atoms with van der Waals surface area (Å²) in [5.74, 6) is 0.495. The number of hydrogen-bond donors (Lipinski definition) is 0. The van der Waals surface area contributed by atoms with Crippen molar-refractivity contribution in [1.82, 2.24) is 9.88 Å². The van der Waals surface area contributed by atoms with Gasteiger partial charge < -0.3 is 4.90 Å². The van der Waals surface area contributed by atoms with Crippen molar-refractivity contribution >= 4 is 17.7 Å². The van der Waals surface area contributed by atoms with Gasteiger partial charge in [0.15, 0.2) is 0 Å². The first-order chi connectivity index (χ1) is 10.9. The molecule has 5 heteroatoms. The van der Waals surface area contributed by atoms with E-state index in [4.69, 9.17) is 0 Å². The third kappa shape index (κ3) is 3.69. The molecule has 23 heavy (non-hydrogen) atoms. The second kappa shape index (κ2) is 7.35. The predicted octanol–water partition coefficient (Wildman–Crippen LogP) is 3.76. The van der Waals surface area contributed by atoms with Gasteiger partial charge in [-0.15, -0.1) is 0 Å². The van der Waals surface area contributed by atoms with E-state index in [1.807, 2.05) is 25.7 Å². The molecule has 1 aromatic rings. The summed E-state index contributed by atoms with van der Waals surface area (Å²) in [5, 5.41) is 10.1. The molecule has 2 unspecified atom stereocenters. The highest BCUT2D eigenvalue weighted by molar-refractivity contribution is 8.00. The maximum absolute atomic E-state index is 12.6. The number of likely N-dealkylation sites (tertiary alicyclic amines) is 1. The predicted molar refractivity (Wildman–Crippen MR) is 93.5 cm³/mol. The van der Waals surface area contributed by atoms with Gasteiger partial charge >= 0.3 is 0 Å². The average molecular weight is 331 g/mol. The van der Waals surface area contributed by atoms with Gasteiger partial charge in [-0.05, 0) is 65.0 Å². The van der Waals surface area contributed by atoms with Gasteiger partial charge in [-0.2, -0.15) is 5.26 Å². The molecule has 2 heterocycles. The minimum Gasteiger partial charge on any atom is -0.337 e. The Morgan fingerprint density at radius 3 is 2.43 bits per heavy atom. The van der Waals surface area contributed by atoms with Crippen LogP contribution in [0, 0.1) is 32.1 Å². The highest BCUT2D eigenvalue weighted by Gasteiger charge is 2.29. The topological polar surface area (TPSA) is 57.0 Å². The highest BCUT2D eigenvalue weighted by Crippen LogP contribution is 2.28. The number of aromatic nitrogens is 1. The van der Waals surface area contributed by atoms with Crippen molar-refractivity contribution in [2.45, 2.75) is 71.0 Å². The molecule has 1 aliphatic rings. The van der Waals surface area contributed by atoms with Crippen molar-refractivity contribution in [3.8, 4) is 6.07 Å². The first kappa shape index (κ1) is 17.8. The minimum absolute atomic E-state index is 0.149. The number of nitriles is 1. The van der Waals surface area contributed by atoms with Gasteiger partial charge in [-0.3, -0.25) is 4.79 Å². The van der Waals surface area contributed by atoms with Crippen molar-refractivity contribution in [2.75, 3.05) is 5.75 Å². The second-order valence-corrected chi connectivity index (χ2v) is 7.42. The fraction of sp³-hybridized carbons (Fsp3) is 0.611. The van der Waals surface area contributed by atoms with Crippen LogP contribution >= 0.6 is 11.8 Å². The lowest BCUT2D eigenvalue weighted by Gasteiger charge is -2.39. The monoisotopic (exact) mass is 331 g/mol. The first-order valence-electron chi connectivity index (χ1n) is 8.18. The third-order valence-electron chi connectivity index (χ3n) is 4.89. The molecule has 0 aliphatic carbocycles. The summed E-state index contributed by atoms with van der Waals surface area (Å²) < 4.78 is 0. The van der Waals surface area contributed by atoms with E-state index in [-0.39, 0.29) is 5.91 Å². The number of carbonyl (C=O) groups is 1. The summed E-state index contributed by atoms with van der Waals surface area (Å²) in [7, 11) is 0. The summed E-state index contributed by atoms with van der Waals surface area (Å²) in [6.07, 6.45) is 3.34. The molecule has 0 N–H and O–H groups in total. The molecule has 4 nitrogen and oxygen atoms in total. The Morgan fingerprint density at radius 2 is 1.87 bits per heavy atom. The molecule has 2 atom stereocenters. The molecular formula is C18H25N3OS. The van der Waals surface area contributed by atoms with E-state index < -0.39 is 0 Å². The van der Waals surface area contributed by atoms with E-state index in [1.165, 1.54) is 18.2 Å². The van der Waals surface area contributed by atoms with Crippen molar-refractivity contribution in [3.05, 3.63) is 22.4 Å². The first-order valence-corrected chi connectivity index (χ1v) is 9.17. The van der Waals surface area contributed by atoms with Crippen LogP contribution in [0.3, 0.4) is 0 Å². The van der Waals surface area contributed by atoms with Crippen LogP contribution in [0.15, 0.2) is 5.03 Å². The van der Waals surface area contributed by atoms with Crippen molar-refractivity contribution < 1.29 is 4.79 Å². The fourth-order valence-corrected chi connectivity index (χ4v) is 4.22. The summed E-state index contributed by atoms with van der Waals surface area (Å²) in [5.41, 5.74) is 3.55. The molecule has 0 bridgehead atoms. The SMILES string of the molecule is Cc1nc(SCC(=O)N2C(C)CCCC2C)c(C#N)c(C)c1C. The smallest absolute Gasteiger partial charge is 0.233 e. The Hall–Kier alpha value is -1.54. The van der Waals surface area contributed by atoms with Gasteiger partial charge in [0.25, 0.3) is 0 Å². The van der Waals surface area contributed by atoms with E-state index >= 15 is 0 Å². The fourth-order valence-electron chi connectivity index (χ4n) is 3.26. The van der Waals surface area contributed by atoms with E-state index in [0.717, 1.165) is 29.7 Å². The van der Waals surface area contributed by atoms with E-state index in [1.54, 1.807) is 0 Å². The number of carbonyl (C=O) groups excluding carboxylic acids is 1. The Bertz CT molecular complexity index is 641. The van der Waals surface area contributed by atoms with Gasteiger partial charge in [0.2, 0.25) is 5.91 Å². The molecule has 2 rings (SSSR count). The highest BCUT2D eigenvalue weighted by atomic mass is 32.2. The molecule has 0 spiro atoms. The van der Waals surface area contributed by atoms with Crippen molar-refractivity contribution in [3.63, 3.8) is 0 Å². The van der Waals surface area contributed by atoms with Gasteiger partial charge in [0.1, 0.15) is 11.1 Å². The lowest BCUT2D eigenvalue weighted by atomic mass is 9.98. The molecule has 1 saturated heterocycles. The van der Waals surface area contributed by atoms with Crippen LogP contribution in [-0.2, 0) is 4.79 Å². The zero-order valence-electron chi connectivity index (χ0n) is 14.6. The lowest BCUT2D eigenvalue weighted by molar-refractivity contribution is -0.134. The zero-order chi connectivity index (χ0) is 17.1. The normalized spacial score (nSPS) is 21.1. The van der Waals surface area contributed by atoms with Gasteiger partial charge in [-0.25, -0.2) is 4.98 Å². The molecule has 0 radical (unpaired) electrons. The van der Waals surface area contributed by atoms with Crippen LogP contribution < -0.4 is 0 Å². The van der Waals surface area contributed by atoms with E-state index in [0.29, 0.717) is 28.4 Å². The second-order valence-electron chi connectivity index (χ2n) is 6.46. The zero-order valence-corrected chi connectivity index (χ0v) is 15.5. The summed E-state index contributed by atoms with van der Waals surface area (Å²) >= 11 is 1.39. The average Bonchev–Trinajstić information content (AvgIpc) is 2.50. The Labute approximate surface area is 143 Å². The molecule has 1 amide bonds. The number of pyridine rings is 1. The van der Waals surface area contributed by atoms with Crippen LogP contribution in [-0.4, -0.2) is 33.6 Å². The minimum atomic E-state index is 0.149. The molecule has 0 aromatic carbocycles. The molecule has 1 fully saturated rings. The van der Waals surface area contributed by atoms with Gasteiger partial charge in [0, 0.05) is 17.8 Å². The number of hydrogen-bond acceptors (Lipinski definition) is 4. The summed E-state index contributed by atoms with van der Waals surface area (Å²) in [6, 6.07) is 2.85. The number of aryl methyl sites for hydroxylation is 1. The molecule has 1 aromatic heterocycles. The number of amides is 1. The summed E-state index contributed by atoms with van der Waals surface area (Å²) in [6.45, 7) is 10.1. The number of piperidine rings is 1. The molecule has 0 saturated carbocycles. The third-order valence-corrected chi connectivity index (χ3v) is 5.85. The number of rotatable bonds is 3. The summed E-state index contributed by atoms with van der Waals surface area (Å²) in [4.78, 5) is 19.2. The Morgan fingerprint density at radius 1 is 1.26 bits per heavy atom. The quantitative estimate of drug-likeness (QED) is 0.791. The molecular weight excluding hydrogens is 306 g/mol. The maximum Gasteiger partial charge on any atom is 0.233 e. The van der Waals surface area contributed by atoms with Crippen LogP contribution in [0.2, 0.25) is 0 Å². The van der Waals surface area contributed by atoms with Crippen LogP contribution in [0.25, 0.3) is 0 Å². The van der Waals surface area contributed by atoms with Crippen molar-refractivity contribution in [1.29, 1.82) is 5.26 Å². The van der Waals surface area contributed by atoms with E-state index in [2.05, 4.69) is 24.9 Å². The van der Waals surface area contributed by atoms with Crippen LogP contribution in [0.1, 0.15) is 55.5 Å².